The molecule has 3 fully saturated rings. The number of furan rings is 1. The van der Waals surface area contributed by atoms with Crippen molar-refractivity contribution in [3.63, 3.8) is 0 Å². The van der Waals surface area contributed by atoms with E-state index in [1.807, 2.05) is 60.7 Å². The van der Waals surface area contributed by atoms with Gasteiger partial charge < -0.3 is 29.2 Å². The van der Waals surface area contributed by atoms with Crippen LogP contribution in [0.1, 0.15) is 94.7 Å². The summed E-state index contributed by atoms with van der Waals surface area (Å²) in [5.41, 5.74) is 1.65. The molecular formula is C45H49N7O9S. The van der Waals surface area contributed by atoms with E-state index in [1.54, 1.807) is 0 Å². The molecular weight excluding hydrogens is 815 g/mol. The van der Waals surface area contributed by atoms with Gasteiger partial charge in [0.25, 0.3) is 17.7 Å². The monoisotopic (exact) mass is 863 g/mol. The van der Waals surface area contributed by atoms with Gasteiger partial charge in [-0.3, -0.25) is 23.9 Å². The van der Waals surface area contributed by atoms with E-state index in [-0.39, 0.29) is 42.9 Å². The normalized spacial score (nSPS) is 25.2. The van der Waals surface area contributed by atoms with Gasteiger partial charge >= 0.3 is 0 Å². The summed E-state index contributed by atoms with van der Waals surface area (Å²) in [4.78, 5) is 67.8. The first-order valence-electron chi connectivity index (χ1n) is 21.2. The highest BCUT2D eigenvalue weighted by molar-refractivity contribution is 7.91. The molecule has 5 aromatic rings. The molecule has 3 aromatic heterocycles. The van der Waals surface area contributed by atoms with Crippen molar-refractivity contribution < 1.29 is 41.3 Å². The number of carbonyl (C=O) groups is 4. The van der Waals surface area contributed by atoms with Crippen LogP contribution in [-0.2, 0) is 29.8 Å². The first kappa shape index (κ1) is 41.3. The summed E-state index contributed by atoms with van der Waals surface area (Å²) in [6, 6.07) is 14.6. The largest absolute Gasteiger partial charge is 0.470 e. The van der Waals surface area contributed by atoms with Crippen LogP contribution in [0.3, 0.4) is 0 Å². The van der Waals surface area contributed by atoms with Gasteiger partial charge in [-0.25, -0.2) is 13.4 Å². The van der Waals surface area contributed by atoms with Crippen molar-refractivity contribution in [3.05, 3.63) is 84.3 Å². The number of rotatable bonds is 8. The summed E-state index contributed by atoms with van der Waals surface area (Å²) in [5.74, 6) is -2.68. The molecule has 2 saturated carbocycles. The van der Waals surface area contributed by atoms with Gasteiger partial charge in [0.1, 0.15) is 34.8 Å². The van der Waals surface area contributed by atoms with Crippen molar-refractivity contribution in [2.75, 3.05) is 6.54 Å². The Morgan fingerprint density at radius 1 is 0.984 bits per heavy atom. The van der Waals surface area contributed by atoms with E-state index in [9.17, 15) is 27.6 Å². The lowest BCUT2D eigenvalue weighted by Crippen LogP contribution is -2.58. The molecule has 324 valence electrons. The number of aromatic nitrogens is 3. The number of carbonyl (C=O) groups excluding carboxylic acids is 4. The molecule has 0 bridgehead atoms. The van der Waals surface area contributed by atoms with Crippen LogP contribution in [0.4, 0.5) is 0 Å². The third kappa shape index (κ3) is 8.17. The lowest BCUT2D eigenvalue weighted by Gasteiger charge is -2.29. The summed E-state index contributed by atoms with van der Waals surface area (Å²) in [6.07, 6.45) is 8.40. The van der Waals surface area contributed by atoms with Crippen LogP contribution in [0.5, 0.6) is 5.88 Å². The zero-order valence-electron chi connectivity index (χ0n) is 34.8. The number of ether oxygens (including phenoxy) is 1. The average Bonchev–Trinajstić information content (AvgIpc) is 4.03. The van der Waals surface area contributed by atoms with Gasteiger partial charge in [-0.2, -0.15) is 4.98 Å². The molecule has 17 heteroatoms. The number of hydrogen-bond donors (Lipinski definition) is 3. The van der Waals surface area contributed by atoms with E-state index in [4.69, 9.17) is 23.6 Å². The molecule has 0 radical (unpaired) electrons. The van der Waals surface area contributed by atoms with Gasteiger partial charge in [-0.15, -0.1) is 0 Å². The van der Waals surface area contributed by atoms with E-state index >= 15 is 0 Å². The second-order valence-electron chi connectivity index (χ2n) is 17.9. The van der Waals surface area contributed by atoms with Crippen LogP contribution >= 0.6 is 0 Å². The minimum absolute atomic E-state index is 0.0275. The number of nitrogens with one attached hydrogen (secondary N) is 3. The number of benzene rings is 2. The smallest absolute Gasteiger partial charge is 0.290 e. The Labute approximate surface area is 358 Å². The molecule has 5 atom stereocenters. The lowest BCUT2D eigenvalue weighted by molar-refractivity contribution is -0.141. The maximum Gasteiger partial charge on any atom is 0.290 e. The van der Waals surface area contributed by atoms with Crippen LogP contribution in [0, 0.1) is 5.92 Å². The quantitative estimate of drug-likeness (QED) is 0.165. The fourth-order valence-corrected chi connectivity index (χ4v) is 9.83. The van der Waals surface area contributed by atoms with Crippen molar-refractivity contribution >= 4 is 55.7 Å². The number of fused-ring (bicyclic) bond motifs is 5. The minimum Gasteiger partial charge on any atom is -0.470 e. The maximum absolute atomic E-state index is 14.8. The Morgan fingerprint density at radius 3 is 2.52 bits per heavy atom. The van der Waals surface area contributed by atoms with Crippen LogP contribution < -0.4 is 20.1 Å². The van der Waals surface area contributed by atoms with Crippen molar-refractivity contribution in [1.29, 1.82) is 0 Å². The predicted octanol–water partition coefficient (Wildman–Crippen LogP) is 5.48. The Hall–Kier alpha value is -6.10. The number of sulfonamides is 1. The fraction of sp³-hybridized carbons (Fsp3) is 0.444. The highest BCUT2D eigenvalue weighted by Gasteiger charge is 2.62. The molecule has 4 aliphatic rings. The molecule has 2 aliphatic carbocycles. The summed E-state index contributed by atoms with van der Waals surface area (Å²) < 4.78 is 46.2. The van der Waals surface area contributed by atoms with Gasteiger partial charge in [0, 0.05) is 29.4 Å². The van der Waals surface area contributed by atoms with Crippen molar-refractivity contribution in [2.45, 2.75) is 113 Å². The number of hydrogen-bond acceptors (Lipinski definition) is 12. The van der Waals surface area contributed by atoms with E-state index in [0.29, 0.717) is 48.2 Å². The van der Waals surface area contributed by atoms with Crippen LogP contribution in [0.25, 0.3) is 33.5 Å². The maximum atomic E-state index is 14.8. The summed E-state index contributed by atoms with van der Waals surface area (Å²) in [7, 11) is -3.93. The number of nitrogens with zero attached hydrogens (tertiary/aromatic N) is 4. The minimum atomic E-state index is -3.93. The molecule has 4 amide bonds. The third-order valence-corrected chi connectivity index (χ3v) is 14.1. The predicted molar refractivity (Wildman–Crippen MR) is 227 cm³/mol. The van der Waals surface area contributed by atoms with E-state index in [1.165, 1.54) is 17.2 Å². The van der Waals surface area contributed by atoms with Crippen molar-refractivity contribution in [2.24, 2.45) is 5.92 Å². The molecule has 2 aromatic carbocycles. The number of para-hydroxylation sites is 1. The standard InChI is InChI=1S/C45H49N7O9S/c1-44(2,3)27-17-15-26(16-18-27)38-48-36-31-12-9-10-14-34(31)60-37(36)41(49-38)59-29-23-33-39(53)50-45(43(56)51-62(57,58)30-19-20-30)24-28(45)11-7-5-4-6-8-13-32(42(55)52(33)25-29)47-40(54)35-21-22-46-61-35/h7,9-12,14-18,21-22,28-30,32-33H,4-6,8,13,19-20,23-25H2,1-3H3,(H,47,54)(H,50,53)(H,51,56)/b11-7-/t28-,29+,32-,33-,45+/m0/s1. The second-order valence-corrected chi connectivity index (χ2v) is 19.8. The highest BCUT2D eigenvalue weighted by atomic mass is 32.2. The van der Waals surface area contributed by atoms with E-state index in [2.05, 4.69) is 41.3 Å². The van der Waals surface area contributed by atoms with Crippen molar-refractivity contribution in [1.82, 2.24) is 35.4 Å². The molecule has 2 aliphatic heterocycles. The Morgan fingerprint density at radius 2 is 1.77 bits per heavy atom. The third-order valence-electron chi connectivity index (χ3n) is 12.3. The Balaban J connectivity index is 1.07. The van der Waals surface area contributed by atoms with Gasteiger partial charge in [0.15, 0.2) is 5.82 Å². The molecule has 5 heterocycles. The Kier molecular flexibility index (Phi) is 10.6. The first-order chi connectivity index (χ1) is 29.7. The number of amides is 4. The SMILES string of the molecule is CC(C)(C)c1ccc(-c2nc(O[C@@H]3C[C@H]4C(=O)N[C@]5(C(=O)NS(=O)(=O)C6CC6)C[C@@H]5/C=C\CCCCC[C@H](NC(=O)c5ccno5)C(=O)N4C3)c3oc4ccccc4c3n2)cc1. The fourth-order valence-electron chi connectivity index (χ4n) is 8.46. The average molecular weight is 864 g/mol. The van der Waals surface area contributed by atoms with Crippen molar-refractivity contribution in [3.8, 4) is 17.3 Å². The molecule has 62 heavy (non-hydrogen) atoms. The van der Waals surface area contributed by atoms with Gasteiger partial charge in [0.05, 0.1) is 18.0 Å². The van der Waals surface area contributed by atoms with Gasteiger partial charge in [-0.1, -0.05) is 87.3 Å². The van der Waals surface area contributed by atoms with E-state index < -0.39 is 68.5 Å². The molecule has 3 N–H and O–H groups in total. The van der Waals surface area contributed by atoms with Crippen LogP contribution in [0.15, 0.2) is 81.9 Å². The molecule has 0 unspecified atom stereocenters. The lowest BCUT2D eigenvalue weighted by atomic mass is 9.87. The summed E-state index contributed by atoms with van der Waals surface area (Å²) in [5, 5.41) is 9.42. The van der Waals surface area contributed by atoms with E-state index in [0.717, 1.165) is 29.4 Å². The zero-order chi connectivity index (χ0) is 43.4. The van der Waals surface area contributed by atoms with Crippen LogP contribution in [-0.4, -0.2) is 87.6 Å². The van der Waals surface area contributed by atoms with Crippen LogP contribution in [0.2, 0.25) is 0 Å². The molecule has 0 spiro atoms. The summed E-state index contributed by atoms with van der Waals surface area (Å²) >= 11 is 0. The topological polar surface area (TPSA) is 216 Å². The van der Waals surface area contributed by atoms with Gasteiger partial charge in [-0.05, 0) is 61.6 Å². The highest BCUT2D eigenvalue weighted by Crippen LogP contribution is 2.46. The molecule has 9 rings (SSSR count). The Bertz CT molecular complexity index is 2690. The summed E-state index contributed by atoms with van der Waals surface area (Å²) in [6.45, 7) is 6.31. The molecule has 16 nitrogen and oxygen atoms in total. The zero-order valence-corrected chi connectivity index (χ0v) is 35.6. The number of allylic oxidation sites excluding steroid dienone is 1. The van der Waals surface area contributed by atoms with Gasteiger partial charge in [0.2, 0.25) is 33.2 Å². The second kappa shape index (κ2) is 16.0. The first-order valence-corrected chi connectivity index (χ1v) is 22.8. The molecule has 1 saturated heterocycles.